The number of carbonyl (C=O) groups excluding carboxylic acids is 2. The standard InChI is InChI=1S/C19H19N5O2/c25-18(13-2-1-12-3-5-20-17(12)7-13)23-8-14-10-24(11-15(14)9-23)19(26)16-4-6-21-22-16/h1-7,14-15,20H,8-11H2,(H,21,22)/t14-,15+. The van der Waals surface area contributed by atoms with Gasteiger partial charge in [0.05, 0.1) is 0 Å². The van der Waals surface area contributed by atoms with Gasteiger partial charge in [-0.1, -0.05) is 6.07 Å². The minimum atomic E-state index is -0.00743. The zero-order valence-corrected chi connectivity index (χ0v) is 14.2. The van der Waals surface area contributed by atoms with E-state index in [2.05, 4.69) is 15.2 Å². The summed E-state index contributed by atoms with van der Waals surface area (Å²) in [6, 6.07) is 9.47. The molecule has 4 heterocycles. The highest BCUT2D eigenvalue weighted by atomic mass is 16.2. The molecule has 3 aromatic rings. The topological polar surface area (TPSA) is 85.1 Å². The van der Waals surface area contributed by atoms with Gasteiger partial charge in [-0.15, -0.1) is 0 Å². The van der Waals surface area contributed by atoms with Crippen molar-refractivity contribution in [2.45, 2.75) is 0 Å². The lowest BCUT2D eigenvalue weighted by Gasteiger charge is -2.21. The molecule has 2 aromatic heterocycles. The monoisotopic (exact) mass is 349 g/mol. The minimum absolute atomic E-state index is 0.00743. The third-order valence-corrected chi connectivity index (χ3v) is 5.59. The highest BCUT2D eigenvalue weighted by Crippen LogP contribution is 2.32. The predicted octanol–water partition coefficient (Wildman–Crippen LogP) is 1.74. The minimum Gasteiger partial charge on any atom is -0.361 e. The number of carbonyl (C=O) groups is 2. The molecule has 2 fully saturated rings. The summed E-state index contributed by atoms with van der Waals surface area (Å²) in [5.41, 5.74) is 2.22. The van der Waals surface area contributed by atoms with E-state index < -0.39 is 0 Å². The number of fused-ring (bicyclic) bond motifs is 2. The maximum atomic E-state index is 12.9. The van der Waals surface area contributed by atoms with Crippen molar-refractivity contribution < 1.29 is 9.59 Å². The maximum absolute atomic E-state index is 12.9. The molecule has 2 saturated heterocycles. The first-order valence-corrected chi connectivity index (χ1v) is 8.84. The largest absolute Gasteiger partial charge is 0.361 e. The molecule has 0 saturated carbocycles. The molecule has 2 amide bonds. The van der Waals surface area contributed by atoms with E-state index in [1.165, 1.54) is 0 Å². The van der Waals surface area contributed by atoms with Gasteiger partial charge in [0.15, 0.2) is 0 Å². The second kappa shape index (κ2) is 5.72. The van der Waals surface area contributed by atoms with Gasteiger partial charge >= 0.3 is 0 Å². The van der Waals surface area contributed by atoms with E-state index in [0.717, 1.165) is 10.9 Å². The first-order valence-electron chi connectivity index (χ1n) is 8.84. The molecule has 2 aliphatic heterocycles. The third-order valence-electron chi connectivity index (χ3n) is 5.59. The van der Waals surface area contributed by atoms with Crippen LogP contribution in [0, 0.1) is 11.8 Å². The van der Waals surface area contributed by atoms with Crippen molar-refractivity contribution in [3.63, 3.8) is 0 Å². The predicted molar refractivity (Wildman–Crippen MR) is 95.7 cm³/mol. The van der Waals surface area contributed by atoms with Crippen LogP contribution in [0.2, 0.25) is 0 Å². The van der Waals surface area contributed by atoms with Gasteiger partial charge in [-0.2, -0.15) is 5.10 Å². The highest BCUT2D eigenvalue weighted by Gasteiger charge is 2.43. The van der Waals surface area contributed by atoms with E-state index in [4.69, 9.17) is 0 Å². The van der Waals surface area contributed by atoms with Crippen molar-refractivity contribution in [2.75, 3.05) is 26.2 Å². The van der Waals surface area contributed by atoms with Gasteiger partial charge < -0.3 is 14.8 Å². The van der Waals surface area contributed by atoms with Crippen LogP contribution in [-0.2, 0) is 0 Å². The number of likely N-dealkylation sites (tertiary alicyclic amines) is 2. The number of H-pyrrole nitrogens is 2. The van der Waals surface area contributed by atoms with Crippen molar-refractivity contribution in [3.8, 4) is 0 Å². The molecule has 2 aliphatic rings. The molecule has 0 aliphatic carbocycles. The molecule has 1 aromatic carbocycles. The third kappa shape index (κ3) is 2.39. The lowest BCUT2D eigenvalue weighted by Crippen LogP contribution is -2.35. The second-order valence-electron chi connectivity index (χ2n) is 7.19. The second-order valence-corrected chi connectivity index (χ2v) is 7.19. The number of hydrogen-bond donors (Lipinski definition) is 2. The fraction of sp³-hybridized carbons (Fsp3) is 0.316. The lowest BCUT2D eigenvalue weighted by atomic mass is 10.0. The number of benzene rings is 1. The SMILES string of the molecule is O=C(c1ccc2cc[nH]c2c1)N1C[C@@H]2CN(C(=O)c3ccn[nH]3)C[C@@H]2C1. The average Bonchev–Trinajstić information content (AvgIpc) is 3.43. The molecule has 0 spiro atoms. The van der Waals surface area contributed by atoms with Crippen LogP contribution < -0.4 is 0 Å². The first-order chi connectivity index (χ1) is 12.7. The van der Waals surface area contributed by atoms with E-state index in [0.29, 0.717) is 49.3 Å². The number of nitrogens with one attached hydrogen (secondary N) is 2. The van der Waals surface area contributed by atoms with E-state index >= 15 is 0 Å². The number of nitrogens with zero attached hydrogens (tertiary/aromatic N) is 3. The molecule has 0 bridgehead atoms. The Labute approximate surface area is 150 Å². The zero-order valence-electron chi connectivity index (χ0n) is 14.2. The van der Waals surface area contributed by atoms with Crippen LogP contribution in [0.1, 0.15) is 20.8 Å². The Kier molecular flexibility index (Phi) is 3.34. The van der Waals surface area contributed by atoms with Crippen LogP contribution in [0.15, 0.2) is 42.7 Å². The van der Waals surface area contributed by atoms with E-state index in [-0.39, 0.29) is 11.8 Å². The number of amides is 2. The van der Waals surface area contributed by atoms with Gasteiger partial charge in [-0.25, -0.2) is 0 Å². The van der Waals surface area contributed by atoms with Crippen LogP contribution in [0.5, 0.6) is 0 Å². The smallest absolute Gasteiger partial charge is 0.271 e. The molecular formula is C19H19N5O2. The first kappa shape index (κ1) is 15.2. The van der Waals surface area contributed by atoms with Crippen molar-refractivity contribution in [3.05, 3.63) is 54.0 Å². The molecule has 2 atom stereocenters. The Morgan fingerprint density at radius 3 is 2.38 bits per heavy atom. The van der Waals surface area contributed by atoms with E-state index in [1.54, 1.807) is 12.3 Å². The van der Waals surface area contributed by atoms with Crippen LogP contribution in [-0.4, -0.2) is 63.0 Å². The van der Waals surface area contributed by atoms with Crippen molar-refractivity contribution >= 4 is 22.7 Å². The Balaban J connectivity index is 1.27. The highest BCUT2D eigenvalue weighted by molar-refractivity contribution is 5.98. The van der Waals surface area contributed by atoms with Gasteiger partial charge in [0, 0.05) is 61.5 Å². The van der Waals surface area contributed by atoms with Crippen LogP contribution in [0.3, 0.4) is 0 Å². The summed E-state index contributed by atoms with van der Waals surface area (Å²) in [4.78, 5) is 32.3. The lowest BCUT2D eigenvalue weighted by molar-refractivity contribution is 0.0735. The fourth-order valence-electron chi connectivity index (χ4n) is 4.23. The molecule has 0 unspecified atom stereocenters. The van der Waals surface area contributed by atoms with Crippen molar-refractivity contribution in [1.82, 2.24) is 25.0 Å². The summed E-state index contributed by atoms with van der Waals surface area (Å²) in [6.07, 6.45) is 3.47. The molecule has 132 valence electrons. The van der Waals surface area contributed by atoms with Gasteiger partial charge in [-0.05, 0) is 29.7 Å². The summed E-state index contributed by atoms with van der Waals surface area (Å²) in [5, 5.41) is 7.68. The number of hydrogen-bond acceptors (Lipinski definition) is 3. The molecule has 26 heavy (non-hydrogen) atoms. The fourth-order valence-corrected chi connectivity index (χ4v) is 4.23. The maximum Gasteiger partial charge on any atom is 0.271 e. The van der Waals surface area contributed by atoms with Gasteiger partial charge in [0.25, 0.3) is 11.8 Å². The normalized spacial score (nSPS) is 22.2. The molecule has 7 nitrogen and oxygen atoms in total. The van der Waals surface area contributed by atoms with Crippen molar-refractivity contribution in [2.24, 2.45) is 11.8 Å². The summed E-state index contributed by atoms with van der Waals surface area (Å²) in [5.74, 6) is 0.759. The van der Waals surface area contributed by atoms with Crippen LogP contribution >= 0.6 is 0 Å². The summed E-state index contributed by atoms with van der Waals surface area (Å²) in [7, 11) is 0. The van der Waals surface area contributed by atoms with Gasteiger partial charge in [0.1, 0.15) is 5.69 Å². The number of aromatic amines is 2. The molecule has 0 radical (unpaired) electrons. The molecule has 7 heteroatoms. The summed E-state index contributed by atoms with van der Waals surface area (Å²) in [6.45, 7) is 2.81. The van der Waals surface area contributed by atoms with Crippen LogP contribution in [0.25, 0.3) is 10.9 Å². The van der Waals surface area contributed by atoms with Gasteiger partial charge in [-0.3, -0.25) is 14.7 Å². The summed E-state index contributed by atoms with van der Waals surface area (Å²) < 4.78 is 0. The zero-order chi connectivity index (χ0) is 17.7. The Hall–Kier alpha value is -3.09. The van der Waals surface area contributed by atoms with E-state index in [9.17, 15) is 9.59 Å². The Morgan fingerprint density at radius 1 is 0.962 bits per heavy atom. The van der Waals surface area contributed by atoms with Crippen molar-refractivity contribution in [1.29, 1.82) is 0 Å². The van der Waals surface area contributed by atoms with E-state index in [1.807, 2.05) is 40.3 Å². The Morgan fingerprint density at radius 2 is 1.69 bits per heavy atom. The number of aromatic nitrogens is 3. The number of rotatable bonds is 2. The Bertz CT molecular complexity index is 963. The van der Waals surface area contributed by atoms with Gasteiger partial charge in [0.2, 0.25) is 0 Å². The quantitative estimate of drug-likeness (QED) is 0.739. The van der Waals surface area contributed by atoms with Crippen LogP contribution in [0.4, 0.5) is 0 Å². The average molecular weight is 349 g/mol. The summed E-state index contributed by atoms with van der Waals surface area (Å²) >= 11 is 0. The molecule has 2 N–H and O–H groups in total. The molecular weight excluding hydrogens is 330 g/mol. The molecule has 5 rings (SSSR count).